The van der Waals surface area contributed by atoms with Crippen LogP contribution in [0.4, 0.5) is 0 Å². The fraction of sp³-hybridized carbons (Fsp3) is 0. The minimum absolute atomic E-state index is 0.742. The summed E-state index contributed by atoms with van der Waals surface area (Å²) in [6.45, 7) is 0. The Morgan fingerprint density at radius 1 is 0.583 bits per heavy atom. The van der Waals surface area contributed by atoms with Crippen molar-refractivity contribution in [2.24, 2.45) is 9.98 Å². The molecule has 8 heteroatoms. The zero-order chi connectivity index (χ0) is 23.6. The molecule has 8 rings (SSSR count). The zero-order valence-corrected chi connectivity index (χ0v) is 18.8. The second-order valence-electron chi connectivity index (χ2n) is 8.79. The van der Waals surface area contributed by atoms with Gasteiger partial charge in [0.05, 0.1) is 62.0 Å². The highest BCUT2D eigenvalue weighted by molar-refractivity contribution is 6.20. The smallest absolute Gasteiger partial charge is 0.115 e. The lowest BCUT2D eigenvalue weighted by molar-refractivity contribution is 1.27. The van der Waals surface area contributed by atoms with Crippen LogP contribution in [0.3, 0.4) is 0 Å². The highest BCUT2D eigenvalue weighted by Gasteiger charge is 2.21. The van der Waals surface area contributed by atoms with Crippen molar-refractivity contribution in [2.75, 3.05) is 0 Å². The van der Waals surface area contributed by atoms with Crippen LogP contribution < -0.4 is 10.7 Å². The molecule has 36 heavy (non-hydrogen) atoms. The summed E-state index contributed by atoms with van der Waals surface area (Å²) in [7, 11) is 0. The molecule has 0 radical (unpaired) electrons. The Morgan fingerprint density at radius 2 is 1.25 bits per heavy atom. The lowest BCUT2D eigenvalue weighted by Crippen LogP contribution is -2.12. The number of aromatic amines is 2. The molecule has 7 heterocycles. The number of rotatable bonds is 0. The number of nitrogens with one attached hydrogen (secondary N) is 2. The molecule has 2 aromatic heterocycles. The van der Waals surface area contributed by atoms with Gasteiger partial charge in [-0.3, -0.25) is 9.97 Å². The summed E-state index contributed by atoms with van der Waals surface area (Å²) in [6, 6.07) is 7.99. The van der Waals surface area contributed by atoms with Gasteiger partial charge in [0.15, 0.2) is 0 Å². The topological polar surface area (TPSA) is 108 Å². The van der Waals surface area contributed by atoms with E-state index in [4.69, 9.17) is 20.0 Å². The van der Waals surface area contributed by atoms with Gasteiger partial charge in [0.2, 0.25) is 0 Å². The van der Waals surface area contributed by atoms with E-state index < -0.39 is 0 Å². The first-order valence-electron chi connectivity index (χ1n) is 11.5. The van der Waals surface area contributed by atoms with Crippen molar-refractivity contribution < 1.29 is 0 Å². The maximum atomic E-state index is 4.99. The third-order valence-electron chi connectivity index (χ3n) is 6.33. The quantitative estimate of drug-likeness (QED) is 0.343. The van der Waals surface area contributed by atoms with E-state index in [9.17, 15) is 0 Å². The molecule has 5 aliphatic heterocycles. The molecule has 0 unspecified atom stereocenters. The van der Waals surface area contributed by atoms with Crippen LogP contribution in [0.15, 0.2) is 82.3 Å². The summed E-state index contributed by atoms with van der Waals surface area (Å²) in [6.07, 6.45) is 19.3. The van der Waals surface area contributed by atoms with Gasteiger partial charge in [-0.15, -0.1) is 0 Å². The van der Waals surface area contributed by atoms with Gasteiger partial charge in [-0.25, -0.2) is 20.0 Å². The van der Waals surface area contributed by atoms with E-state index in [0.717, 1.165) is 78.4 Å². The Balaban J connectivity index is 1.41. The minimum atomic E-state index is 0.742. The Hall–Kier alpha value is -5.24. The van der Waals surface area contributed by atoms with Crippen molar-refractivity contribution in [3.8, 4) is 11.4 Å². The number of H-pyrrole nitrogens is 2. The minimum Gasteiger partial charge on any atom is -0.355 e. The summed E-state index contributed by atoms with van der Waals surface area (Å²) in [5.41, 5.74) is 9.75. The summed E-state index contributed by atoms with van der Waals surface area (Å²) >= 11 is 0. The van der Waals surface area contributed by atoms with Gasteiger partial charge in [-0.05, 0) is 72.9 Å². The molecule has 0 atom stereocenters. The Labute approximate surface area is 203 Å². The normalized spacial score (nSPS) is 16.1. The van der Waals surface area contributed by atoms with Crippen LogP contribution in [-0.4, -0.2) is 41.3 Å². The molecule has 0 saturated carbocycles. The van der Waals surface area contributed by atoms with Crippen molar-refractivity contribution in [3.63, 3.8) is 0 Å². The van der Waals surface area contributed by atoms with Crippen LogP contribution in [0.25, 0.3) is 57.8 Å². The first kappa shape index (κ1) is 19.1. The second-order valence-corrected chi connectivity index (χ2v) is 8.79. The molecule has 0 aliphatic carbocycles. The largest absolute Gasteiger partial charge is 0.355 e. The Morgan fingerprint density at radius 3 is 1.97 bits per heavy atom. The monoisotopic (exact) mass is 464 g/mol. The molecule has 3 aromatic rings. The molecule has 0 fully saturated rings. The molecule has 1 aromatic carbocycles. The third-order valence-corrected chi connectivity index (χ3v) is 6.33. The summed E-state index contributed by atoms with van der Waals surface area (Å²) < 4.78 is 0. The van der Waals surface area contributed by atoms with Crippen molar-refractivity contribution >= 4 is 57.8 Å². The zero-order valence-electron chi connectivity index (χ0n) is 18.8. The van der Waals surface area contributed by atoms with Crippen LogP contribution in [-0.2, 0) is 0 Å². The number of aromatic nitrogens is 6. The number of benzene rings is 1. The average Bonchev–Trinajstić information content (AvgIpc) is 3.67. The SMILES string of the molecule is C1=CC2=NC1=Cc1nc(c3[nH]c4cc5nccnc5cc4nc1-3)C=C1C=CC(=N1)C=c1ccc([nH]1)=C2. The first-order valence-corrected chi connectivity index (χ1v) is 11.5. The summed E-state index contributed by atoms with van der Waals surface area (Å²) in [4.78, 5) is 35.3. The fourth-order valence-corrected chi connectivity index (χ4v) is 4.68. The molecule has 8 nitrogen and oxygen atoms in total. The number of hydrogen-bond acceptors (Lipinski definition) is 6. The number of fused-ring (bicyclic) bond motifs is 11. The predicted octanol–water partition coefficient (Wildman–Crippen LogP) is 3.31. The van der Waals surface area contributed by atoms with Crippen molar-refractivity contribution in [2.45, 2.75) is 0 Å². The number of allylic oxidation sites excluding steroid dienone is 4. The van der Waals surface area contributed by atoms with Gasteiger partial charge in [0.25, 0.3) is 0 Å². The van der Waals surface area contributed by atoms with Crippen molar-refractivity contribution in [1.82, 2.24) is 29.9 Å². The lowest BCUT2D eigenvalue weighted by Gasteiger charge is -2.06. The van der Waals surface area contributed by atoms with E-state index in [2.05, 4.69) is 19.9 Å². The highest BCUT2D eigenvalue weighted by atomic mass is 14.9. The second kappa shape index (κ2) is 7.13. The van der Waals surface area contributed by atoms with Gasteiger partial charge >= 0.3 is 0 Å². The highest BCUT2D eigenvalue weighted by Crippen LogP contribution is 2.33. The average molecular weight is 464 g/mol. The van der Waals surface area contributed by atoms with Gasteiger partial charge < -0.3 is 9.97 Å². The summed E-state index contributed by atoms with van der Waals surface area (Å²) in [5.74, 6) is 0. The molecule has 5 aliphatic rings. The van der Waals surface area contributed by atoms with E-state index in [1.165, 1.54) is 0 Å². The van der Waals surface area contributed by atoms with Crippen LogP contribution in [0.1, 0.15) is 11.4 Å². The van der Waals surface area contributed by atoms with Crippen molar-refractivity contribution in [3.05, 3.63) is 94.4 Å². The van der Waals surface area contributed by atoms with Crippen LogP contribution >= 0.6 is 0 Å². The molecule has 0 saturated heterocycles. The van der Waals surface area contributed by atoms with E-state index in [-0.39, 0.29) is 0 Å². The molecule has 0 spiro atoms. The predicted molar refractivity (Wildman–Crippen MR) is 142 cm³/mol. The Kier molecular flexibility index (Phi) is 3.78. The number of hydrogen-bond donors (Lipinski definition) is 2. The fourth-order valence-electron chi connectivity index (χ4n) is 4.68. The maximum absolute atomic E-state index is 4.99. The lowest BCUT2D eigenvalue weighted by atomic mass is 10.1. The molecule has 0 amide bonds. The summed E-state index contributed by atoms with van der Waals surface area (Å²) in [5, 5.41) is 1.96. The third kappa shape index (κ3) is 3.08. The van der Waals surface area contributed by atoms with Gasteiger partial charge in [-0.1, -0.05) is 0 Å². The molecule has 168 valence electrons. The van der Waals surface area contributed by atoms with Gasteiger partial charge in [-0.2, -0.15) is 0 Å². The maximum Gasteiger partial charge on any atom is 0.115 e. The number of aliphatic imine (C=N–C) groups is 2. The van der Waals surface area contributed by atoms with Crippen molar-refractivity contribution in [1.29, 1.82) is 0 Å². The van der Waals surface area contributed by atoms with Crippen LogP contribution in [0.5, 0.6) is 0 Å². The number of nitrogens with zero attached hydrogens (tertiary/aromatic N) is 6. The van der Waals surface area contributed by atoms with E-state index >= 15 is 0 Å². The van der Waals surface area contributed by atoms with E-state index in [0.29, 0.717) is 0 Å². The molecular formula is C28H16N8. The van der Waals surface area contributed by atoms with E-state index in [1.54, 1.807) is 12.4 Å². The van der Waals surface area contributed by atoms with Crippen LogP contribution in [0.2, 0.25) is 0 Å². The first-order chi connectivity index (χ1) is 17.7. The van der Waals surface area contributed by atoms with E-state index in [1.807, 2.05) is 72.9 Å². The van der Waals surface area contributed by atoms with Gasteiger partial charge in [0.1, 0.15) is 5.69 Å². The van der Waals surface area contributed by atoms with Gasteiger partial charge in [0, 0.05) is 23.1 Å². The molecule has 8 bridgehead atoms. The Bertz CT molecular complexity index is 1900. The van der Waals surface area contributed by atoms with Crippen LogP contribution in [0, 0.1) is 0 Å². The standard InChI is InChI=1S/C28H16N8/c1-2-16-10-18-4-6-20(33-18)12-26-28-27(25(34-26)11-19-5-3-17(32-19)9-15(1)31-16)35-23-13-21-22(14-24(23)36-28)30-8-7-29-21/h1-14,31,35H. The molecule has 2 N–H and O–H groups in total. The molecular weight excluding hydrogens is 448 g/mol.